The first-order valence-corrected chi connectivity index (χ1v) is 9.84. The van der Waals surface area contributed by atoms with E-state index in [9.17, 15) is 0 Å². The molecule has 2 aliphatic heterocycles. The summed E-state index contributed by atoms with van der Waals surface area (Å²) in [5.74, 6) is 8.22. The molecule has 0 radical (unpaired) electrons. The molecule has 2 unspecified atom stereocenters. The molecule has 2 saturated heterocycles. The van der Waals surface area contributed by atoms with Crippen molar-refractivity contribution >= 4 is 58.8 Å². The van der Waals surface area contributed by atoms with Gasteiger partial charge in [0.2, 0.25) is 0 Å². The van der Waals surface area contributed by atoms with E-state index in [-0.39, 0.29) is 0 Å². The van der Waals surface area contributed by atoms with Crippen LogP contribution in [0.4, 0.5) is 0 Å². The molecule has 2 rings (SSSR count). The first kappa shape index (κ1) is 11.2. The van der Waals surface area contributed by atoms with Crippen molar-refractivity contribution in [1.29, 1.82) is 0 Å². The van der Waals surface area contributed by atoms with Crippen LogP contribution in [-0.4, -0.2) is 43.7 Å². The Morgan fingerprint density at radius 1 is 0.769 bits per heavy atom. The van der Waals surface area contributed by atoms with E-state index in [1.165, 1.54) is 34.5 Å². The molecular formula is C8H14S5. The minimum Gasteiger partial charge on any atom is -0.159 e. The van der Waals surface area contributed by atoms with Crippen LogP contribution in [0.1, 0.15) is 0 Å². The highest BCUT2D eigenvalue weighted by atomic mass is 32.2. The third-order valence-corrected chi connectivity index (χ3v) is 9.74. The predicted octanol–water partition coefficient (Wildman–Crippen LogP) is 3.33. The van der Waals surface area contributed by atoms with E-state index in [1.54, 1.807) is 0 Å². The second kappa shape index (κ2) is 6.36. The van der Waals surface area contributed by atoms with Crippen LogP contribution in [0.3, 0.4) is 0 Å². The average molecular weight is 271 g/mol. The Labute approximate surface area is 102 Å². The summed E-state index contributed by atoms with van der Waals surface area (Å²) < 4.78 is 1.77. The number of thioether (sulfide) groups is 5. The molecule has 13 heavy (non-hydrogen) atoms. The van der Waals surface area contributed by atoms with Gasteiger partial charge in [0.05, 0.1) is 9.16 Å². The fraction of sp³-hybridized carbons (Fsp3) is 1.00. The molecular weight excluding hydrogens is 256 g/mol. The van der Waals surface area contributed by atoms with Gasteiger partial charge in [0.15, 0.2) is 0 Å². The Bertz CT molecular complexity index is 123. The van der Waals surface area contributed by atoms with Crippen molar-refractivity contribution in [3.8, 4) is 0 Å². The number of rotatable bonds is 2. The van der Waals surface area contributed by atoms with Gasteiger partial charge in [0.1, 0.15) is 0 Å². The molecule has 0 aromatic carbocycles. The van der Waals surface area contributed by atoms with Crippen molar-refractivity contribution in [2.75, 3.05) is 34.5 Å². The summed E-state index contributed by atoms with van der Waals surface area (Å²) >= 11 is 10.8. The first-order valence-electron chi connectivity index (χ1n) is 4.49. The minimum atomic E-state index is 0.884. The van der Waals surface area contributed by atoms with E-state index in [1.807, 2.05) is 0 Å². The molecule has 0 aromatic heterocycles. The molecule has 2 fully saturated rings. The van der Waals surface area contributed by atoms with Gasteiger partial charge >= 0.3 is 0 Å². The molecule has 2 heterocycles. The van der Waals surface area contributed by atoms with Gasteiger partial charge in [0.25, 0.3) is 0 Å². The molecule has 0 spiro atoms. The quantitative estimate of drug-likeness (QED) is 0.752. The predicted molar refractivity (Wildman–Crippen MR) is 74.7 cm³/mol. The summed E-state index contributed by atoms with van der Waals surface area (Å²) in [5, 5.41) is 0. The van der Waals surface area contributed by atoms with E-state index in [0.29, 0.717) is 0 Å². The molecule has 0 bridgehead atoms. The molecule has 0 N–H and O–H groups in total. The number of hydrogen-bond acceptors (Lipinski definition) is 5. The van der Waals surface area contributed by atoms with Gasteiger partial charge in [-0.1, -0.05) is 0 Å². The van der Waals surface area contributed by atoms with Crippen molar-refractivity contribution in [2.45, 2.75) is 9.16 Å². The van der Waals surface area contributed by atoms with E-state index in [4.69, 9.17) is 0 Å². The third-order valence-electron chi connectivity index (χ3n) is 1.87. The molecule has 5 heteroatoms. The van der Waals surface area contributed by atoms with Crippen molar-refractivity contribution in [3.63, 3.8) is 0 Å². The zero-order valence-corrected chi connectivity index (χ0v) is 11.5. The summed E-state index contributed by atoms with van der Waals surface area (Å²) in [6.07, 6.45) is 0. The lowest BCUT2D eigenvalue weighted by atomic mass is 10.9. The zero-order valence-electron chi connectivity index (χ0n) is 7.44. The van der Waals surface area contributed by atoms with Gasteiger partial charge in [-0.25, -0.2) is 0 Å². The van der Waals surface area contributed by atoms with Crippen LogP contribution in [0.25, 0.3) is 0 Å². The molecule has 76 valence electrons. The Morgan fingerprint density at radius 2 is 1.31 bits per heavy atom. The fourth-order valence-electron chi connectivity index (χ4n) is 1.26. The topological polar surface area (TPSA) is 0 Å². The van der Waals surface area contributed by atoms with Crippen molar-refractivity contribution in [2.24, 2.45) is 0 Å². The largest absolute Gasteiger partial charge is 0.159 e. The Morgan fingerprint density at radius 3 is 1.69 bits per heavy atom. The molecule has 0 nitrogen and oxygen atoms in total. The highest BCUT2D eigenvalue weighted by molar-refractivity contribution is 8.26. The van der Waals surface area contributed by atoms with Crippen molar-refractivity contribution in [3.05, 3.63) is 0 Å². The summed E-state index contributed by atoms with van der Waals surface area (Å²) in [5.41, 5.74) is 0. The second-order valence-electron chi connectivity index (χ2n) is 2.89. The van der Waals surface area contributed by atoms with Crippen LogP contribution in [0.5, 0.6) is 0 Å². The van der Waals surface area contributed by atoms with E-state index < -0.39 is 0 Å². The fourth-order valence-corrected chi connectivity index (χ4v) is 9.33. The second-order valence-corrected chi connectivity index (χ2v) is 9.81. The SMILES string of the molecule is C1CSC(SC2CSCCS2)CS1. The first-order chi connectivity index (χ1) is 6.45. The maximum Gasteiger partial charge on any atom is 0.0604 e. The molecule has 2 atom stereocenters. The Balaban J connectivity index is 1.69. The van der Waals surface area contributed by atoms with Crippen LogP contribution in [-0.2, 0) is 0 Å². The standard InChI is InChI=1S/C8H14S5/c1-3-11-7(5-9-1)13-8-6-10-2-4-12-8/h7-8H,1-6H2. The lowest BCUT2D eigenvalue weighted by Crippen LogP contribution is -2.17. The average Bonchev–Trinajstić information content (AvgIpc) is 2.21. The summed E-state index contributed by atoms with van der Waals surface area (Å²) in [6.45, 7) is 0. The lowest BCUT2D eigenvalue weighted by molar-refractivity contribution is 1.32. The van der Waals surface area contributed by atoms with Gasteiger partial charge in [-0.2, -0.15) is 23.5 Å². The van der Waals surface area contributed by atoms with Gasteiger partial charge in [-0.05, 0) is 0 Å². The molecule has 0 saturated carbocycles. The van der Waals surface area contributed by atoms with Crippen molar-refractivity contribution in [1.82, 2.24) is 0 Å². The summed E-state index contributed by atoms with van der Waals surface area (Å²) in [7, 11) is 0. The molecule has 0 aromatic rings. The highest BCUT2D eigenvalue weighted by Gasteiger charge is 2.22. The lowest BCUT2D eigenvalue weighted by Gasteiger charge is -2.27. The summed E-state index contributed by atoms with van der Waals surface area (Å²) in [6, 6.07) is 0. The van der Waals surface area contributed by atoms with E-state index in [2.05, 4.69) is 58.8 Å². The molecule has 0 aliphatic carbocycles. The van der Waals surface area contributed by atoms with E-state index in [0.717, 1.165) is 9.16 Å². The van der Waals surface area contributed by atoms with Gasteiger partial charge in [-0.15, -0.1) is 35.3 Å². The van der Waals surface area contributed by atoms with Gasteiger partial charge in [0, 0.05) is 34.5 Å². The van der Waals surface area contributed by atoms with Crippen molar-refractivity contribution < 1.29 is 0 Å². The monoisotopic (exact) mass is 270 g/mol. The van der Waals surface area contributed by atoms with Crippen LogP contribution in [0.2, 0.25) is 0 Å². The van der Waals surface area contributed by atoms with Crippen LogP contribution >= 0.6 is 58.8 Å². The minimum absolute atomic E-state index is 0.884. The van der Waals surface area contributed by atoms with E-state index >= 15 is 0 Å². The third kappa shape index (κ3) is 4.01. The normalized spacial score (nSPS) is 36.0. The Hall–Kier alpha value is 1.75. The van der Waals surface area contributed by atoms with Crippen LogP contribution in [0.15, 0.2) is 0 Å². The number of hydrogen-bond donors (Lipinski definition) is 0. The maximum absolute atomic E-state index is 2.23. The maximum atomic E-state index is 2.23. The summed E-state index contributed by atoms with van der Waals surface area (Å²) in [4.78, 5) is 0. The van der Waals surface area contributed by atoms with Crippen LogP contribution < -0.4 is 0 Å². The zero-order chi connectivity index (χ0) is 8.93. The molecule has 0 amide bonds. The van der Waals surface area contributed by atoms with Gasteiger partial charge in [-0.3, -0.25) is 0 Å². The molecule has 2 aliphatic rings. The van der Waals surface area contributed by atoms with Crippen LogP contribution in [0, 0.1) is 0 Å². The smallest absolute Gasteiger partial charge is 0.0604 e. The highest BCUT2D eigenvalue weighted by Crippen LogP contribution is 2.41. The Kier molecular flexibility index (Phi) is 5.50. The van der Waals surface area contributed by atoms with Gasteiger partial charge < -0.3 is 0 Å².